The Morgan fingerprint density at radius 1 is 1.30 bits per heavy atom. The van der Waals surface area contributed by atoms with Crippen LogP contribution in [-0.2, 0) is 6.54 Å². The molecule has 0 fully saturated rings. The SMILES string of the molecule is Cc1ccc(O)c(CNc2ccc([N+](=O)[O-])c(Br)c2)c1. The van der Waals surface area contributed by atoms with Crippen molar-refractivity contribution in [3.8, 4) is 5.75 Å². The molecule has 2 aromatic carbocycles. The van der Waals surface area contributed by atoms with Crippen LogP contribution in [0.5, 0.6) is 5.75 Å². The van der Waals surface area contributed by atoms with Crippen LogP contribution in [-0.4, -0.2) is 10.0 Å². The maximum atomic E-state index is 10.7. The van der Waals surface area contributed by atoms with Gasteiger partial charge in [0, 0.05) is 23.9 Å². The highest BCUT2D eigenvalue weighted by Crippen LogP contribution is 2.28. The third kappa shape index (κ3) is 3.27. The molecule has 0 atom stereocenters. The Morgan fingerprint density at radius 2 is 2.05 bits per heavy atom. The molecular weight excluding hydrogens is 324 g/mol. The summed E-state index contributed by atoms with van der Waals surface area (Å²) in [7, 11) is 0. The molecule has 0 spiro atoms. The number of hydrogen-bond donors (Lipinski definition) is 2. The Labute approximate surface area is 124 Å². The summed E-state index contributed by atoms with van der Waals surface area (Å²) in [4.78, 5) is 10.3. The van der Waals surface area contributed by atoms with Gasteiger partial charge in [-0.1, -0.05) is 17.7 Å². The minimum Gasteiger partial charge on any atom is -0.508 e. The molecule has 0 amide bonds. The Balaban J connectivity index is 2.13. The summed E-state index contributed by atoms with van der Waals surface area (Å²) in [5.41, 5.74) is 2.60. The zero-order valence-electron chi connectivity index (χ0n) is 10.8. The van der Waals surface area contributed by atoms with Gasteiger partial charge in [-0.15, -0.1) is 0 Å². The number of phenols is 1. The fourth-order valence-corrected chi connectivity index (χ4v) is 2.34. The first kappa shape index (κ1) is 14.3. The highest BCUT2D eigenvalue weighted by Gasteiger charge is 2.11. The zero-order chi connectivity index (χ0) is 14.7. The first-order valence-electron chi connectivity index (χ1n) is 5.93. The van der Waals surface area contributed by atoms with Crippen molar-refractivity contribution in [1.82, 2.24) is 0 Å². The van der Waals surface area contributed by atoms with Gasteiger partial charge < -0.3 is 10.4 Å². The van der Waals surface area contributed by atoms with Crippen LogP contribution in [0.3, 0.4) is 0 Å². The Hall–Kier alpha value is -2.08. The van der Waals surface area contributed by atoms with Crippen LogP contribution in [0.1, 0.15) is 11.1 Å². The number of aromatic hydroxyl groups is 1. The Bertz CT molecular complexity index is 659. The lowest BCUT2D eigenvalue weighted by Crippen LogP contribution is -2.00. The van der Waals surface area contributed by atoms with Gasteiger partial charge in [-0.05, 0) is 41.1 Å². The zero-order valence-corrected chi connectivity index (χ0v) is 12.3. The van der Waals surface area contributed by atoms with Gasteiger partial charge in [0.1, 0.15) is 5.75 Å². The molecular formula is C14H13BrN2O3. The lowest BCUT2D eigenvalue weighted by atomic mass is 10.1. The molecule has 2 aromatic rings. The van der Waals surface area contributed by atoms with E-state index in [1.165, 1.54) is 6.07 Å². The van der Waals surface area contributed by atoms with Crippen molar-refractivity contribution in [3.63, 3.8) is 0 Å². The van der Waals surface area contributed by atoms with Gasteiger partial charge in [0.2, 0.25) is 0 Å². The van der Waals surface area contributed by atoms with Crippen molar-refractivity contribution in [2.24, 2.45) is 0 Å². The second-order valence-corrected chi connectivity index (χ2v) is 5.26. The Morgan fingerprint density at radius 3 is 2.70 bits per heavy atom. The summed E-state index contributed by atoms with van der Waals surface area (Å²) >= 11 is 3.17. The first-order chi connectivity index (χ1) is 9.47. The number of nitro benzene ring substituents is 1. The number of benzene rings is 2. The highest BCUT2D eigenvalue weighted by molar-refractivity contribution is 9.10. The predicted molar refractivity (Wildman–Crippen MR) is 81.0 cm³/mol. The van der Waals surface area contributed by atoms with E-state index in [2.05, 4.69) is 21.2 Å². The van der Waals surface area contributed by atoms with Crippen LogP contribution >= 0.6 is 15.9 Å². The molecule has 5 nitrogen and oxygen atoms in total. The van der Waals surface area contributed by atoms with E-state index in [-0.39, 0.29) is 11.4 Å². The van der Waals surface area contributed by atoms with Gasteiger partial charge in [-0.25, -0.2) is 0 Å². The molecule has 104 valence electrons. The van der Waals surface area contributed by atoms with Crippen molar-refractivity contribution in [3.05, 3.63) is 62.1 Å². The molecule has 0 radical (unpaired) electrons. The van der Waals surface area contributed by atoms with E-state index in [9.17, 15) is 15.2 Å². The molecule has 6 heteroatoms. The van der Waals surface area contributed by atoms with Crippen LogP contribution in [0, 0.1) is 17.0 Å². The maximum Gasteiger partial charge on any atom is 0.283 e. The molecule has 20 heavy (non-hydrogen) atoms. The van der Waals surface area contributed by atoms with Crippen LogP contribution in [0.4, 0.5) is 11.4 Å². The molecule has 2 rings (SSSR count). The van der Waals surface area contributed by atoms with Gasteiger partial charge in [0.25, 0.3) is 5.69 Å². The first-order valence-corrected chi connectivity index (χ1v) is 6.73. The van der Waals surface area contributed by atoms with E-state index in [4.69, 9.17) is 0 Å². The fourth-order valence-electron chi connectivity index (χ4n) is 1.82. The molecule has 0 unspecified atom stereocenters. The molecule has 2 N–H and O–H groups in total. The minimum absolute atomic E-state index is 0.0222. The molecule has 0 aliphatic heterocycles. The lowest BCUT2D eigenvalue weighted by Gasteiger charge is -2.09. The van der Waals surface area contributed by atoms with Crippen molar-refractivity contribution in [2.45, 2.75) is 13.5 Å². The number of phenolic OH excluding ortho intramolecular Hbond substituents is 1. The monoisotopic (exact) mass is 336 g/mol. The third-order valence-corrected chi connectivity index (χ3v) is 3.50. The Kier molecular flexibility index (Phi) is 4.24. The van der Waals surface area contributed by atoms with Crippen molar-refractivity contribution in [2.75, 3.05) is 5.32 Å². The quantitative estimate of drug-likeness (QED) is 0.654. The van der Waals surface area contributed by atoms with Gasteiger partial charge in [-0.2, -0.15) is 0 Å². The summed E-state index contributed by atoms with van der Waals surface area (Å²) in [6.45, 7) is 2.39. The van der Waals surface area contributed by atoms with Gasteiger partial charge in [0.15, 0.2) is 0 Å². The molecule has 0 saturated heterocycles. The van der Waals surface area contributed by atoms with E-state index >= 15 is 0 Å². The average Bonchev–Trinajstić information content (AvgIpc) is 2.39. The van der Waals surface area contributed by atoms with E-state index in [1.54, 1.807) is 18.2 Å². The number of nitrogens with one attached hydrogen (secondary N) is 1. The van der Waals surface area contributed by atoms with E-state index < -0.39 is 4.92 Å². The molecule has 0 saturated carbocycles. The summed E-state index contributed by atoms with van der Waals surface area (Å²) < 4.78 is 0.418. The molecule has 0 bridgehead atoms. The molecule has 0 aromatic heterocycles. The second-order valence-electron chi connectivity index (χ2n) is 4.41. The third-order valence-electron chi connectivity index (χ3n) is 2.86. The average molecular weight is 337 g/mol. The predicted octanol–water partition coefficient (Wildman–Crippen LogP) is 3.98. The van der Waals surface area contributed by atoms with E-state index in [1.807, 2.05) is 19.1 Å². The number of aryl methyl sites for hydroxylation is 1. The van der Waals surface area contributed by atoms with Crippen LogP contribution in [0.15, 0.2) is 40.9 Å². The molecule has 0 aliphatic carbocycles. The van der Waals surface area contributed by atoms with Crippen LogP contribution in [0.25, 0.3) is 0 Å². The van der Waals surface area contributed by atoms with Gasteiger partial charge >= 0.3 is 0 Å². The summed E-state index contributed by atoms with van der Waals surface area (Å²) in [5, 5.41) is 23.6. The standard InChI is InChI=1S/C14H13BrN2O3/c1-9-2-5-14(18)10(6-9)8-16-11-3-4-13(17(19)20)12(15)7-11/h2-7,16,18H,8H2,1H3. The minimum atomic E-state index is -0.444. The lowest BCUT2D eigenvalue weighted by molar-refractivity contribution is -0.385. The number of halogens is 1. The summed E-state index contributed by atoms with van der Waals surface area (Å²) in [5.74, 6) is 0.226. The maximum absolute atomic E-state index is 10.7. The fraction of sp³-hybridized carbons (Fsp3) is 0.143. The molecule has 0 aliphatic rings. The number of rotatable bonds is 4. The van der Waals surface area contributed by atoms with Crippen molar-refractivity contribution >= 4 is 27.3 Å². The number of nitrogens with zero attached hydrogens (tertiary/aromatic N) is 1. The normalized spacial score (nSPS) is 10.3. The smallest absolute Gasteiger partial charge is 0.283 e. The highest BCUT2D eigenvalue weighted by atomic mass is 79.9. The molecule has 0 heterocycles. The largest absolute Gasteiger partial charge is 0.508 e. The van der Waals surface area contributed by atoms with Crippen LogP contribution in [0.2, 0.25) is 0 Å². The number of nitro groups is 1. The van der Waals surface area contributed by atoms with E-state index in [0.717, 1.165) is 16.8 Å². The summed E-state index contributed by atoms with van der Waals surface area (Å²) in [6.07, 6.45) is 0. The summed E-state index contributed by atoms with van der Waals surface area (Å²) in [6, 6.07) is 10.1. The number of hydrogen-bond acceptors (Lipinski definition) is 4. The van der Waals surface area contributed by atoms with E-state index in [0.29, 0.717) is 11.0 Å². The second kappa shape index (κ2) is 5.92. The van der Waals surface area contributed by atoms with Crippen molar-refractivity contribution in [1.29, 1.82) is 0 Å². The number of anilines is 1. The van der Waals surface area contributed by atoms with Crippen LogP contribution < -0.4 is 5.32 Å². The van der Waals surface area contributed by atoms with Gasteiger partial charge in [-0.3, -0.25) is 10.1 Å². The van der Waals surface area contributed by atoms with Gasteiger partial charge in [0.05, 0.1) is 9.40 Å². The van der Waals surface area contributed by atoms with Crippen molar-refractivity contribution < 1.29 is 10.0 Å². The topological polar surface area (TPSA) is 75.4 Å².